The Bertz CT molecular complexity index is 135. The Morgan fingerprint density at radius 2 is 2.23 bits per heavy atom. The van der Waals surface area contributed by atoms with Crippen LogP contribution in [0.4, 0.5) is 0 Å². The van der Waals surface area contributed by atoms with Gasteiger partial charge in [0.1, 0.15) is 0 Å². The molecule has 0 aromatic carbocycles. The van der Waals surface area contributed by atoms with Gasteiger partial charge in [-0.15, -0.1) is 12.4 Å². The number of aliphatic hydroxyl groups is 1. The summed E-state index contributed by atoms with van der Waals surface area (Å²) in [5.41, 5.74) is 5.68. The monoisotopic (exact) mass is 211 g/mol. The summed E-state index contributed by atoms with van der Waals surface area (Å²) in [6.07, 6.45) is -0.477. The number of ether oxygens (including phenoxy) is 2. The van der Waals surface area contributed by atoms with Crippen molar-refractivity contribution in [2.75, 3.05) is 6.61 Å². The molecule has 0 aliphatic carbocycles. The summed E-state index contributed by atoms with van der Waals surface area (Å²) < 4.78 is 10.6. The SMILES string of the molecule is CCO[C@H]1C[C@H](N)[C@H](O)[C@H](C)O1.Cl. The van der Waals surface area contributed by atoms with E-state index in [2.05, 4.69) is 0 Å². The van der Waals surface area contributed by atoms with Crippen molar-refractivity contribution in [3.8, 4) is 0 Å². The summed E-state index contributed by atoms with van der Waals surface area (Å²) in [7, 11) is 0. The van der Waals surface area contributed by atoms with Crippen molar-refractivity contribution >= 4 is 12.4 Å². The highest BCUT2D eigenvalue weighted by molar-refractivity contribution is 5.85. The van der Waals surface area contributed by atoms with Gasteiger partial charge in [0.25, 0.3) is 0 Å². The fraction of sp³-hybridized carbons (Fsp3) is 1.00. The second-order valence-corrected chi connectivity index (χ2v) is 3.12. The lowest BCUT2D eigenvalue weighted by Gasteiger charge is -2.35. The Morgan fingerprint density at radius 3 is 2.69 bits per heavy atom. The highest BCUT2D eigenvalue weighted by atomic mass is 35.5. The largest absolute Gasteiger partial charge is 0.389 e. The molecule has 4 nitrogen and oxygen atoms in total. The van der Waals surface area contributed by atoms with Crippen LogP contribution >= 0.6 is 12.4 Å². The van der Waals surface area contributed by atoms with Gasteiger partial charge in [0.2, 0.25) is 0 Å². The highest BCUT2D eigenvalue weighted by Gasteiger charge is 2.32. The second kappa shape index (κ2) is 5.78. The molecule has 0 aromatic rings. The molecule has 0 bridgehead atoms. The molecule has 80 valence electrons. The first-order valence-electron chi connectivity index (χ1n) is 4.35. The minimum atomic E-state index is -0.568. The third kappa shape index (κ3) is 3.40. The number of nitrogens with two attached hydrogens (primary N) is 1. The third-order valence-corrected chi connectivity index (χ3v) is 2.10. The van der Waals surface area contributed by atoms with E-state index >= 15 is 0 Å². The molecular weight excluding hydrogens is 194 g/mol. The van der Waals surface area contributed by atoms with Gasteiger partial charge in [-0.1, -0.05) is 0 Å². The molecule has 1 rings (SSSR count). The van der Waals surface area contributed by atoms with E-state index in [-0.39, 0.29) is 30.8 Å². The molecule has 1 heterocycles. The quantitative estimate of drug-likeness (QED) is 0.688. The summed E-state index contributed by atoms with van der Waals surface area (Å²) >= 11 is 0. The van der Waals surface area contributed by atoms with Crippen molar-refractivity contribution in [3.05, 3.63) is 0 Å². The summed E-state index contributed by atoms with van der Waals surface area (Å²) in [5.74, 6) is 0. The Morgan fingerprint density at radius 1 is 1.62 bits per heavy atom. The van der Waals surface area contributed by atoms with E-state index in [4.69, 9.17) is 15.2 Å². The van der Waals surface area contributed by atoms with Gasteiger partial charge in [0, 0.05) is 19.1 Å². The lowest BCUT2D eigenvalue weighted by Crippen LogP contribution is -2.51. The van der Waals surface area contributed by atoms with Crippen molar-refractivity contribution in [2.45, 2.75) is 44.8 Å². The number of halogens is 1. The zero-order chi connectivity index (χ0) is 9.14. The number of rotatable bonds is 2. The third-order valence-electron chi connectivity index (χ3n) is 2.10. The van der Waals surface area contributed by atoms with Crippen molar-refractivity contribution in [1.29, 1.82) is 0 Å². The summed E-state index contributed by atoms with van der Waals surface area (Å²) in [6.45, 7) is 4.32. The van der Waals surface area contributed by atoms with Gasteiger partial charge in [-0.25, -0.2) is 0 Å². The fourth-order valence-corrected chi connectivity index (χ4v) is 1.38. The lowest BCUT2D eigenvalue weighted by molar-refractivity contribution is -0.220. The van der Waals surface area contributed by atoms with Gasteiger partial charge in [0.15, 0.2) is 6.29 Å². The van der Waals surface area contributed by atoms with E-state index in [0.717, 1.165) is 0 Å². The van der Waals surface area contributed by atoms with E-state index in [9.17, 15) is 5.11 Å². The average Bonchev–Trinajstić information content (AvgIpc) is 2.01. The molecule has 1 fully saturated rings. The molecule has 1 saturated heterocycles. The topological polar surface area (TPSA) is 64.7 Å². The maximum atomic E-state index is 9.43. The van der Waals surface area contributed by atoms with Crippen molar-refractivity contribution < 1.29 is 14.6 Å². The van der Waals surface area contributed by atoms with Crippen molar-refractivity contribution in [1.82, 2.24) is 0 Å². The minimum absolute atomic E-state index is 0. The highest BCUT2D eigenvalue weighted by Crippen LogP contribution is 2.19. The first-order valence-corrected chi connectivity index (χ1v) is 4.35. The predicted molar refractivity (Wildman–Crippen MR) is 51.8 cm³/mol. The van der Waals surface area contributed by atoms with Crippen LogP contribution in [0, 0.1) is 0 Å². The van der Waals surface area contributed by atoms with Crippen LogP contribution in [0.3, 0.4) is 0 Å². The number of hydrogen-bond acceptors (Lipinski definition) is 4. The molecule has 13 heavy (non-hydrogen) atoms. The molecule has 0 spiro atoms. The molecule has 0 amide bonds. The molecule has 3 N–H and O–H groups in total. The molecule has 0 unspecified atom stereocenters. The van der Waals surface area contributed by atoms with Crippen LogP contribution in [-0.4, -0.2) is 36.3 Å². The summed E-state index contributed by atoms with van der Waals surface area (Å²) in [6, 6.07) is -0.231. The fourth-order valence-electron chi connectivity index (χ4n) is 1.38. The van der Waals surface area contributed by atoms with Crippen LogP contribution < -0.4 is 5.73 Å². The van der Waals surface area contributed by atoms with Crippen LogP contribution in [0.1, 0.15) is 20.3 Å². The van der Waals surface area contributed by atoms with Crippen LogP contribution in [0.25, 0.3) is 0 Å². The van der Waals surface area contributed by atoms with Crippen LogP contribution in [0.15, 0.2) is 0 Å². The number of aliphatic hydroxyl groups excluding tert-OH is 1. The minimum Gasteiger partial charge on any atom is -0.389 e. The van der Waals surface area contributed by atoms with Crippen LogP contribution in [0.5, 0.6) is 0 Å². The Hall–Kier alpha value is 0.130. The van der Waals surface area contributed by atoms with E-state index in [1.165, 1.54) is 0 Å². The normalized spacial score (nSPS) is 39.7. The maximum Gasteiger partial charge on any atom is 0.159 e. The predicted octanol–water partition coefficient (Wildman–Crippen LogP) is 0.268. The van der Waals surface area contributed by atoms with Gasteiger partial charge < -0.3 is 20.3 Å². The second-order valence-electron chi connectivity index (χ2n) is 3.12. The zero-order valence-corrected chi connectivity index (χ0v) is 8.79. The van der Waals surface area contributed by atoms with Crippen LogP contribution in [0.2, 0.25) is 0 Å². The van der Waals surface area contributed by atoms with Gasteiger partial charge >= 0.3 is 0 Å². The Balaban J connectivity index is 0.00000144. The maximum absolute atomic E-state index is 9.43. The van der Waals surface area contributed by atoms with Crippen molar-refractivity contribution in [2.24, 2.45) is 5.73 Å². The first-order chi connectivity index (χ1) is 5.65. The molecule has 0 radical (unpaired) electrons. The molecule has 0 aromatic heterocycles. The van der Waals surface area contributed by atoms with Gasteiger partial charge in [0.05, 0.1) is 12.2 Å². The standard InChI is InChI=1S/C8H17NO3.ClH/c1-3-11-7-4-6(9)8(10)5(2)12-7;/h5-8,10H,3-4,9H2,1-2H3;1H/t5-,6-,7+,8+;/m0./s1. The number of hydrogen-bond donors (Lipinski definition) is 2. The van der Waals surface area contributed by atoms with E-state index in [0.29, 0.717) is 13.0 Å². The van der Waals surface area contributed by atoms with E-state index < -0.39 is 6.10 Å². The lowest BCUT2D eigenvalue weighted by atomic mass is 10.0. The molecule has 5 heteroatoms. The Labute approximate surface area is 84.8 Å². The van der Waals surface area contributed by atoms with E-state index in [1.807, 2.05) is 6.92 Å². The molecule has 0 saturated carbocycles. The zero-order valence-electron chi connectivity index (χ0n) is 7.97. The van der Waals surface area contributed by atoms with Crippen LogP contribution in [-0.2, 0) is 9.47 Å². The molecule has 4 atom stereocenters. The Kier molecular flexibility index (Phi) is 5.83. The van der Waals surface area contributed by atoms with Gasteiger partial charge in [-0.05, 0) is 13.8 Å². The van der Waals surface area contributed by atoms with E-state index in [1.54, 1.807) is 6.92 Å². The molecule has 1 aliphatic heterocycles. The first kappa shape index (κ1) is 13.1. The van der Waals surface area contributed by atoms with Crippen molar-refractivity contribution in [3.63, 3.8) is 0 Å². The van der Waals surface area contributed by atoms with Gasteiger partial charge in [-0.3, -0.25) is 0 Å². The smallest absolute Gasteiger partial charge is 0.159 e. The summed E-state index contributed by atoms with van der Waals surface area (Å²) in [5, 5.41) is 9.43. The van der Waals surface area contributed by atoms with Gasteiger partial charge in [-0.2, -0.15) is 0 Å². The molecular formula is C8H18ClNO3. The summed E-state index contributed by atoms with van der Waals surface area (Å²) in [4.78, 5) is 0. The average molecular weight is 212 g/mol. The molecule has 1 aliphatic rings.